The van der Waals surface area contributed by atoms with E-state index in [-0.39, 0.29) is 38.5 Å². The van der Waals surface area contributed by atoms with Gasteiger partial charge >= 0.3 is 5.97 Å². The lowest BCUT2D eigenvalue weighted by molar-refractivity contribution is -0.144. The van der Waals surface area contributed by atoms with Gasteiger partial charge in [0.1, 0.15) is 18.0 Å². The average molecular weight is 633 g/mol. The molecule has 4 rings (SSSR count). The number of nitrogens with two attached hydrogens (primary N) is 1. The van der Waals surface area contributed by atoms with Crippen LogP contribution in [0.25, 0.3) is 0 Å². The third-order valence-corrected chi connectivity index (χ3v) is 7.19. The van der Waals surface area contributed by atoms with Gasteiger partial charge in [-0.2, -0.15) is 0 Å². The Kier molecular flexibility index (Phi) is 11.7. The maximum atomic E-state index is 14.2. The number of halogens is 3. The van der Waals surface area contributed by atoms with Crippen LogP contribution in [0.1, 0.15) is 55.5 Å². The van der Waals surface area contributed by atoms with E-state index in [9.17, 15) is 18.8 Å². The first-order chi connectivity index (χ1) is 20.0. The van der Waals surface area contributed by atoms with Crippen LogP contribution in [0.2, 0.25) is 5.02 Å². The Morgan fingerprint density at radius 1 is 1.12 bits per heavy atom. The molecule has 1 heterocycles. The van der Waals surface area contributed by atoms with E-state index in [2.05, 4.69) is 5.32 Å². The van der Waals surface area contributed by atoms with Crippen molar-refractivity contribution in [2.45, 2.75) is 52.5 Å². The molecule has 0 radical (unpaired) electrons. The Balaban J connectivity index is 0.00000506. The fourth-order valence-electron chi connectivity index (χ4n) is 4.86. The van der Waals surface area contributed by atoms with Crippen molar-refractivity contribution >= 4 is 47.5 Å². The fourth-order valence-corrected chi connectivity index (χ4v) is 5.04. The normalized spacial score (nSPS) is 16.5. The molecule has 3 aromatic rings. The first kappa shape index (κ1) is 34.0. The minimum Gasteiger partial charge on any atom is -0.465 e. The van der Waals surface area contributed by atoms with E-state index in [0.29, 0.717) is 28.4 Å². The van der Waals surface area contributed by atoms with E-state index in [1.807, 2.05) is 38.1 Å². The molecule has 0 aromatic heterocycles. The van der Waals surface area contributed by atoms with Crippen molar-refractivity contribution < 1.29 is 28.2 Å². The molecule has 230 valence electrons. The molecule has 43 heavy (non-hydrogen) atoms. The lowest BCUT2D eigenvalue weighted by atomic mass is 9.92. The molecule has 0 saturated heterocycles. The predicted octanol–water partition coefficient (Wildman–Crippen LogP) is 5.48. The number of carbonyl (C=O) groups excluding carboxylic acids is 3. The van der Waals surface area contributed by atoms with Gasteiger partial charge in [0.15, 0.2) is 0 Å². The van der Waals surface area contributed by atoms with Gasteiger partial charge in [-0.15, -0.1) is 12.4 Å². The van der Waals surface area contributed by atoms with Gasteiger partial charge in [0.25, 0.3) is 5.91 Å². The van der Waals surface area contributed by atoms with Gasteiger partial charge in [0.2, 0.25) is 5.91 Å². The zero-order valence-electron chi connectivity index (χ0n) is 24.3. The largest absolute Gasteiger partial charge is 0.465 e. The van der Waals surface area contributed by atoms with E-state index in [4.69, 9.17) is 26.8 Å². The van der Waals surface area contributed by atoms with Crippen molar-refractivity contribution in [1.29, 1.82) is 0 Å². The predicted molar refractivity (Wildman–Crippen MR) is 165 cm³/mol. The van der Waals surface area contributed by atoms with Crippen LogP contribution in [-0.2, 0) is 36.9 Å². The molecule has 0 saturated carbocycles. The summed E-state index contributed by atoms with van der Waals surface area (Å²) < 4.78 is 25.9. The molecule has 2 unspecified atom stereocenters. The molecule has 0 bridgehead atoms. The van der Waals surface area contributed by atoms with E-state index in [1.165, 1.54) is 13.0 Å². The number of nitrogens with one attached hydrogen (secondary N) is 1. The minimum atomic E-state index is -1.19. The maximum Gasteiger partial charge on any atom is 0.302 e. The molecule has 1 aliphatic heterocycles. The van der Waals surface area contributed by atoms with E-state index < -0.39 is 41.2 Å². The second kappa shape index (κ2) is 14.8. The molecule has 11 heteroatoms. The molecule has 0 fully saturated rings. The standard InChI is InChI=1S/C32H35ClFN3O5.ClH/c1-20(38)41-19-32(2,3)18-37-27-12-11-24(33)14-25(27)30(22-9-6-7-21(13-22)16-35)42-28(31(37)40)15-29(39)36-17-23-8-4-5-10-26(23)34;/h4-14,28,30H,15-19,35H2,1-3H3,(H,36,39);1H. The zero-order valence-corrected chi connectivity index (χ0v) is 25.8. The van der Waals surface area contributed by atoms with Crippen LogP contribution >= 0.6 is 24.0 Å². The maximum absolute atomic E-state index is 14.2. The number of nitrogens with zero attached hydrogens (tertiary/aromatic N) is 1. The molecular weight excluding hydrogens is 596 g/mol. The Bertz CT molecular complexity index is 1470. The summed E-state index contributed by atoms with van der Waals surface area (Å²) in [6, 6.07) is 18.8. The highest BCUT2D eigenvalue weighted by atomic mass is 35.5. The number of hydrogen-bond acceptors (Lipinski definition) is 6. The van der Waals surface area contributed by atoms with Crippen LogP contribution in [0.4, 0.5) is 10.1 Å². The quantitative estimate of drug-likeness (QED) is 0.287. The van der Waals surface area contributed by atoms with Gasteiger partial charge in [-0.1, -0.05) is 67.9 Å². The molecule has 1 aliphatic rings. The summed E-state index contributed by atoms with van der Waals surface area (Å²) >= 11 is 6.44. The Labute approximate surface area is 262 Å². The summed E-state index contributed by atoms with van der Waals surface area (Å²) in [5, 5.41) is 3.15. The van der Waals surface area contributed by atoms with Gasteiger partial charge in [-0.25, -0.2) is 4.39 Å². The molecular formula is C32H36Cl2FN3O5. The molecule has 3 N–H and O–H groups in total. The average Bonchev–Trinajstić information content (AvgIpc) is 3.06. The Hall–Kier alpha value is -3.50. The van der Waals surface area contributed by atoms with E-state index >= 15 is 0 Å². The summed E-state index contributed by atoms with van der Waals surface area (Å²) in [4.78, 5) is 40.4. The van der Waals surface area contributed by atoms with Crippen molar-refractivity contribution in [2.75, 3.05) is 18.1 Å². The fraction of sp³-hybridized carbons (Fsp3) is 0.344. The second-order valence-electron chi connectivity index (χ2n) is 11.1. The number of benzene rings is 3. The topological polar surface area (TPSA) is 111 Å². The number of hydrogen-bond donors (Lipinski definition) is 2. The summed E-state index contributed by atoms with van der Waals surface area (Å²) in [6.45, 7) is 5.59. The van der Waals surface area contributed by atoms with Crippen LogP contribution in [0.5, 0.6) is 0 Å². The van der Waals surface area contributed by atoms with Gasteiger partial charge in [-0.3, -0.25) is 14.4 Å². The SMILES string of the molecule is CC(=O)OCC(C)(C)CN1C(=O)C(CC(=O)NCc2ccccc2F)OC(c2cccc(CN)c2)c2cc(Cl)ccc21.Cl. The van der Waals surface area contributed by atoms with Crippen LogP contribution in [0.15, 0.2) is 66.7 Å². The van der Waals surface area contributed by atoms with Gasteiger partial charge in [0, 0.05) is 53.8 Å². The molecule has 3 aromatic carbocycles. The number of carbonyl (C=O) groups is 3. The summed E-state index contributed by atoms with van der Waals surface area (Å²) in [6.07, 6.45) is -2.24. The van der Waals surface area contributed by atoms with Crippen molar-refractivity contribution in [2.24, 2.45) is 11.1 Å². The molecule has 8 nitrogen and oxygen atoms in total. The van der Waals surface area contributed by atoms with Crippen molar-refractivity contribution in [3.63, 3.8) is 0 Å². The number of ether oxygens (including phenoxy) is 2. The smallest absolute Gasteiger partial charge is 0.302 e. The van der Waals surface area contributed by atoms with Crippen molar-refractivity contribution in [1.82, 2.24) is 5.32 Å². The first-order valence-electron chi connectivity index (χ1n) is 13.7. The van der Waals surface area contributed by atoms with Crippen LogP contribution < -0.4 is 16.0 Å². The Morgan fingerprint density at radius 2 is 1.86 bits per heavy atom. The van der Waals surface area contributed by atoms with Crippen molar-refractivity contribution in [3.05, 3.63) is 99.8 Å². The van der Waals surface area contributed by atoms with Crippen LogP contribution in [0.3, 0.4) is 0 Å². The lowest BCUT2D eigenvalue weighted by Crippen LogP contribution is -2.46. The first-order valence-corrected chi connectivity index (χ1v) is 14.0. The number of esters is 1. The third-order valence-electron chi connectivity index (χ3n) is 6.95. The van der Waals surface area contributed by atoms with Crippen molar-refractivity contribution in [3.8, 4) is 0 Å². The number of anilines is 1. The van der Waals surface area contributed by atoms with E-state index in [1.54, 1.807) is 41.3 Å². The monoisotopic (exact) mass is 631 g/mol. The number of amides is 2. The van der Waals surface area contributed by atoms with E-state index in [0.717, 1.165) is 11.1 Å². The lowest BCUT2D eigenvalue weighted by Gasteiger charge is -2.33. The highest BCUT2D eigenvalue weighted by Gasteiger charge is 2.40. The zero-order chi connectivity index (χ0) is 30.4. The second-order valence-corrected chi connectivity index (χ2v) is 11.5. The Morgan fingerprint density at radius 3 is 2.56 bits per heavy atom. The number of rotatable bonds is 10. The summed E-state index contributed by atoms with van der Waals surface area (Å²) in [7, 11) is 0. The third kappa shape index (κ3) is 8.76. The van der Waals surface area contributed by atoms with Gasteiger partial charge in [0.05, 0.1) is 13.0 Å². The van der Waals surface area contributed by atoms with Crippen LogP contribution in [-0.4, -0.2) is 37.0 Å². The minimum absolute atomic E-state index is 0. The molecule has 0 aliphatic carbocycles. The van der Waals surface area contributed by atoms with Crippen LogP contribution in [0, 0.1) is 11.2 Å². The van der Waals surface area contributed by atoms with Gasteiger partial charge in [-0.05, 0) is 35.4 Å². The molecule has 0 spiro atoms. The number of fused-ring (bicyclic) bond motifs is 1. The highest BCUT2D eigenvalue weighted by Crippen LogP contribution is 2.41. The summed E-state index contributed by atoms with van der Waals surface area (Å²) in [5.41, 5.74) is 8.41. The molecule has 2 atom stereocenters. The van der Waals surface area contributed by atoms with Gasteiger partial charge < -0.3 is 25.4 Å². The molecule has 2 amide bonds. The summed E-state index contributed by atoms with van der Waals surface area (Å²) in [5.74, 6) is -1.78. The highest BCUT2D eigenvalue weighted by molar-refractivity contribution is 6.30.